The fraction of sp³-hybridized carbons (Fsp3) is 0.600. The molecule has 0 aromatic rings. The van der Waals surface area contributed by atoms with Gasteiger partial charge in [0.2, 0.25) is 0 Å². The van der Waals surface area contributed by atoms with Crippen LogP contribution in [0.1, 0.15) is 33.1 Å². The number of allylic oxidation sites excluding steroid dienone is 3. The monoisotopic (exact) mass is 234 g/mol. The third-order valence-electron chi connectivity index (χ3n) is 3.65. The van der Waals surface area contributed by atoms with E-state index in [9.17, 15) is 0 Å². The number of likely N-dealkylation sites (N-methyl/N-ethyl adjacent to an activating group) is 1. The van der Waals surface area contributed by atoms with Crippen molar-refractivity contribution in [2.45, 2.75) is 33.1 Å². The van der Waals surface area contributed by atoms with Crippen molar-refractivity contribution in [1.82, 2.24) is 10.2 Å². The van der Waals surface area contributed by atoms with Crippen LogP contribution in [0.15, 0.2) is 36.2 Å². The van der Waals surface area contributed by atoms with E-state index in [2.05, 4.69) is 41.9 Å². The van der Waals surface area contributed by atoms with Gasteiger partial charge in [-0.2, -0.15) is 0 Å². The first-order valence-electron chi connectivity index (χ1n) is 6.67. The summed E-state index contributed by atoms with van der Waals surface area (Å²) in [5, 5.41) is 3.14. The maximum atomic E-state index is 4.15. The molecule has 0 aromatic heterocycles. The fourth-order valence-corrected chi connectivity index (χ4v) is 2.24. The van der Waals surface area contributed by atoms with Crippen LogP contribution >= 0.6 is 0 Å². The second-order valence-electron chi connectivity index (χ2n) is 4.66. The van der Waals surface area contributed by atoms with Crippen molar-refractivity contribution < 1.29 is 0 Å². The summed E-state index contributed by atoms with van der Waals surface area (Å²) in [7, 11) is 1.94. The number of nitrogens with one attached hydrogen (secondary N) is 1. The predicted molar refractivity (Wildman–Crippen MR) is 75.7 cm³/mol. The first-order valence-corrected chi connectivity index (χ1v) is 6.67. The molecule has 1 rings (SSSR count). The minimum atomic E-state index is 0.923. The highest BCUT2D eigenvalue weighted by molar-refractivity contribution is 5.24. The second-order valence-corrected chi connectivity index (χ2v) is 4.66. The van der Waals surface area contributed by atoms with Crippen LogP contribution in [0.2, 0.25) is 0 Å². The maximum Gasteiger partial charge on any atom is 0.0294 e. The Balaban J connectivity index is 2.44. The van der Waals surface area contributed by atoms with Gasteiger partial charge in [-0.3, -0.25) is 0 Å². The summed E-state index contributed by atoms with van der Waals surface area (Å²) < 4.78 is 0. The van der Waals surface area contributed by atoms with Crippen molar-refractivity contribution in [3.05, 3.63) is 36.2 Å². The fourth-order valence-electron chi connectivity index (χ4n) is 2.24. The summed E-state index contributed by atoms with van der Waals surface area (Å²) in [5.41, 5.74) is 2.27. The van der Waals surface area contributed by atoms with Crippen LogP contribution in [0.5, 0.6) is 0 Å². The number of rotatable bonds is 5. The first kappa shape index (κ1) is 13.9. The van der Waals surface area contributed by atoms with Crippen molar-refractivity contribution in [3.8, 4) is 0 Å². The number of piperidine rings is 1. The Labute approximate surface area is 106 Å². The topological polar surface area (TPSA) is 15.3 Å². The molecule has 2 nitrogen and oxygen atoms in total. The lowest BCUT2D eigenvalue weighted by Gasteiger charge is -2.33. The molecule has 96 valence electrons. The van der Waals surface area contributed by atoms with Crippen molar-refractivity contribution in [2.24, 2.45) is 5.92 Å². The van der Waals surface area contributed by atoms with Crippen LogP contribution in [-0.2, 0) is 0 Å². The molecule has 0 radical (unpaired) electrons. The highest BCUT2D eigenvalue weighted by Gasteiger charge is 2.17. The summed E-state index contributed by atoms with van der Waals surface area (Å²) in [6, 6.07) is 0. The smallest absolute Gasteiger partial charge is 0.0294 e. The molecule has 0 atom stereocenters. The molecule has 1 aliphatic heterocycles. The Morgan fingerprint density at radius 3 is 2.47 bits per heavy atom. The van der Waals surface area contributed by atoms with Gasteiger partial charge in [-0.25, -0.2) is 0 Å². The van der Waals surface area contributed by atoms with E-state index in [4.69, 9.17) is 0 Å². The molecule has 0 spiro atoms. The van der Waals surface area contributed by atoms with Gasteiger partial charge in [0.05, 0.1) is 0 Å². The van der Waals surface area contributed by atoms with E-state index in [0.29, 0.717) is 0 Å². The minimum Gasteiger partial charge on any atom is -0.388 e. The van der Waals surface area contributed by atoms with Crippen molar-refractivity contribution in [3.63, 3.8) is 0 Å². The molecule has 1 heterocycles. The Morgan fingerprint density at radius 1 is 1.35 bits per heavy atom. The average molecular weight is 234 g/mol. The van der Waals surface area contributed by atoms with Gasteiger partial charge >= 0.3 is 0 Å². The largest absolute Gasteiger partial charge is 0.388 e. The van der Waals surface area contributed by atoms with Crippen LogP contribution in [0.3, 0.4) is 0 Å². The SMILES string of the molecule is C=C(/C=C\C(=C/C)NC)N1CCC(CC)CC1. The van der Waals surface area contributed by atoms with Gasteiger partial charge < -0.3 is 10.2 Å². The highest BCUT2D eigenvalue weighted by Crippen LogP contribution is 2.22. The lowest BCUT2D eigenvalue weighted by Crippen LogP contribution is -2.32. The van der Waals surface area contributed by atoms with E-state index < -0.39 is 0 Å². The van der Waals surface area contributed by atoms with Crippen LogP contribution in [-0.4, -0.2) is 25.0 Å². The molecular weight excluding hydrogens is 208 g/mol. The van der Waals surface area contributed by atoms with Gasteiger partial charge in [0.15, 0.2) is 0 Å². The van der Waals surface area contributed by atoms with Gasteiger partial charge in [0.1, 0.15) is 0 Å². The Bertz CT molecular complexity index is 294. The molecule has 2 heteroatoms. The Kier molecular flexibility index (Phi) is 5.88. The normalized spacial score (nSPS) is 18.8. The minimum absolute atomic E-state index is 0.923. The molecule has 0 amide bonds. The number of likely N-dealkylation sites (tertiary alicyclic amines) is 1. The summed E-state index contributed by atoms with van der Waals surface area (Å²) in [6.07, 6.45) is 10.2. The van der Waals surface area contributed by atoms with Gasteiger partial charge in [0, 0.05) is 31.5 Å². The number of nitrogens with zero attached hydrogens (tertiary/aromatic N) is 1. The van der Waals surface area contributed by atoms with Crippen LogP contribution in [0.4, 0.5) is 0 Å². The van der Waals surface area contributed by atoms with E-state index >= 15 is 0 Å². The summed E-state index contributed by atoms with van der Waals surface area (Å²) >= 11 is 0. The molecule has 17 heavy (non-hydrogen) atoms. The third-order valence-corrected chi connectivity index (χ3v) is 3.65. The van der Waals surface area contributed by atoms with Crippen LogP contribution in [0.25, 0.3) is 0 Å². The summed E-state index contributed by atoms with van der Waals surface area (Å²) in [4.78, 5) is 2.39. The summed E-state index contributed by atoms with van der Waals surface area (Å²) in [6.45, 7) is 10.8. The Hall–Kier alpha value is -1.18. The molecule has 0 aliphatic carbocycles. The van der Waals surface area contributed by atoms with Gasteiger partial charge in [-0.05, 0) is 37.8 Å². The van der Waals surface area contributed by atoms with Crippen molar-refractivity contribution in [2.75, 3.05) is 20.1 Å². The average Bonchev–Trinajstić information content (AvgIpc) is 2.39. The number of hydrogen-bond acceptors (Lipinski definition) is 2. The molecule has 0 aromatic carbocycles. The molecule has 1 saturated heterocycles. The van der Waals surface area contributed by atoms with Crippen molar-refractivity contribution in [1.29, 1.82) is 0 Å². The lowest BCUT2D eigenvalue weighted by molar-refractivity contribution is 0.229. The van der Waals surface area contributed by atoms with Gasteiger partial charge in [-0.1, -0.05) is 26.0 Å². The predicted octanol–water partition coefficient (Wildman–Crippen LogP) is 3.30. The third kappa shape index (κ3) is 4.29. The zero-order valence-electron chi connectivity index (χ0n) is 11.5. The second kappa shape index (κ2) is 7.21. The van der Waals surface area contributed by atoms with Crippen molar-refractivity contribution >= 4 is 0 Å². The van der Waals surface area contributed by atoms with Gasteiger partial charge in [-0.15, -0.1) is 0 Å². The van der Waals surface area contributed by atoms with Crippen LogP contribution in [0, 0.1) is 5.92 Å². The van der Waals surface area contributed by atoms with E-state index in [1.807, 2.05) is 14.0 Å². The van der Waals surface area contributed by atoms with Crippen LogP contribution < -0.4 is 5.32 Å². The zero-order chi connectivity index (χ0) is 12.7. The maximum absolute atomic E-state index is 4.15. The van der Waals surface area contributed by atoms with E-state index in [1.165, 1.54) is 19.3 Å². The molecule has 1 N–H and O–H groups in total. The lowest BCUT2D eigenvalue weighted by atomic mass is 9.94. The molecule has 0 bridgehead atoms. The molecular formula is C15H26N2. The first-order chi connectivity index (χ1) is 8.21. The molecule has 1 aliphatic rings. The zero-order valence-corrected chi connectivity index (χ0v) is 11.5. The molecule has 0 saturated carbocycles. The quantitative estimate of drug-likeness (QED) is 0.734. The number of hydrogen-bond donors (Lipinski definition) is 1. The summed E-state index contributed by atoms with van der Waals surface area (Å²) in [5.74, 6) is 0.923. The van der Waals surface area contributed by atoms with E-state index in [0.717, 1.165) is 30.4 Å². The van der Waals surface area contributed by atoms with E-state index in [1.54, 1.807) is 0 Å². The van der Waals surface area contributed by atoms with Gasteiger partial charge in [0.25, 0.3) is 0 Å². The highest BCUT2D eigenvalue weighted by atomic mass is 15.1. The molecule has 0 unspecified atom stereocenters. The molecule has 1 fully saturated rings. The Morgan fingerprint density at radius 2 is 2.00 bits per heavy atom. The standard InChI is InChI=1S/C15H26N2/c1-5-14-9-11-17(12-10-14)13(3)7-8-15(6-2)16-4/h6-8,14,16H,3,5,9-12H2,1-2,4H3/b8-7-,15-6+. The van der Waals surface area contributed by atoms with E-state index in [-0.39, 0.29) is 0 Å².